The lowest BCUT2D eigenvalue weighted by atomic mass is 10.0. The molecule has 1 atom stereocenters. The van der Waals surface area contributed by atoms with Gasteiger partial charge in [0.2, 0.25) is 0 Å². The number of ether oxygens (including phenoxy) is 1. The van der Waals surface area contributed by atoms with Gasteiger partial charge in [-0.15, -0.1) is 0 Å². The predicted molar refractivity (Wildman–Crippen MR) is 71.1 cm³/mol. The van der Waals surface area contributed by atoms with E-state index in [0.717, 1.165) is 0 Å². The highest BCUT2D eigenvalue weighted by atomic mass is 16.5. The third kappa shape index (κ3) is 4.40. The van der Waals surface area contributed by atoms with Gasteiger partial charge in [0.25, 0.3) is 0 Å². The second-order valence-electron chi connectivity index (χ2n) is 5.62. The van der Waals surface area contributed by atoms with Gasteiger partial charge in [0.1, 0.15) is 6.04 Å². The lowest BCUT2D eigenvalue weighted by Crippen LogP contribution is -2.48. The van der Waals surface area contributed by atoms with Crippen LogP contribution in [0, 0.1) is 11.3 Å². The van der Waals surface area contributed by atoms with E-state index in [4.69, 9.17) is 5.11 Å². The molecule has 1 aliphatic carbocycles. The zero-order valence-electron chi connectivity index (χ0n) is 12.1. The molecule has 7 heteroatoms. The number of methoxy groups -OCH3 is 1. The lowest BCUT2D eigenvalue weighted by Gasteiger charge is -2.19. The number of urea groups is 1. The van der Waals surface area contributed by atoms with Gasteiger partial charge in [0.15, 0.2) is 0 Å². The van der Waals surface area contributed by atoms with Crippen LogP contribution in [0.3, 0.4) is 0 Å². The van der Waals surface area contributed by atoms with Crippen molar-refractivity contribution in [1.29, 1.82) is 0 Å². The molecular weight excluding hydrogens is 264 g/mol. The second-order valence-corrected chi connectivity index (χ2v) is 5.62. The maximum Gasteiger partial charge on any atom is 0.328 e. The number of nitrogens with one attached hydrogen (secondary N) is 2. The molecule has 114 valence electrons. The largest absolute Gasteiger partial charge is 0.481 e. The second kappa shape index (κ2) is 6.58. The average molecular weight is 286 g/mol. The maximum absolute atomic E-state index is 11.7. The van der Waals surface area contributed by atoms with Gasteiger partial charge in [-0.1, -0.05) is 13.8 Å². The molecule has 0 aromatic rings. The fraction of sp³-hybridized carbons (Fsp3) is 0.769. The van der Waals surface area contributed by atoms with Crippen LogP contribution in [0.5, 0.6) is 0 Å². The number of aliphatic carboxylic acids is 1. The molecule has 0 aromatic heterocycles. The summed E-state index contributed by atoms with van der Waals surface area (Å²) in [6, 6.07) is -1.27. The van der Waals surface area contributed by atoms with Crippen LogP contribution in [0.15, 0.2) is 0 Å². The van der Waals surface area contributed by atoms with E-state index < -0.39 is 29.4 Å². The predicted octanol–water partition coefficient (Wildman–Crippen LogP) is 0.738. The van der Waals surface area contributed by atoms with Gasteiger partial charge in [-0.3, -0.25) is 4.79 Å². The first kappa shape index (κ1) is 16.3. The number of carboxylic acids is 1. The van der Waals surface area contributed by atoms with Crippen LogP contribution < -0.4 is 10.6 Å². The fourth-order valence-corrected chi connectivity index (χ4v) is 1.90. The van der Waals surface area contributed by atoms with E-state index in [0.29, 0.717) is 19.3 Å². The highest BCUT2D eigenvalue weighted by Gasteiger charge is 2.50. The van der Waals surface area contributed by atoms with Crippen LogP contribution in [0.1, 0.15) is 33.1 Å². The highest BCUT2D eigenvalue weighted by Crippen LogP contribution is 2.45. The summed E-state index contributed by atoms with van der Waals surface area (Å²) in [6.07, 6.45) is 1.59. The van der Waals surface area contributed by atoms with Gasteiger partial charge in [-0.25, -0.2) is 9.59 Å². The van der Waals surface area contributed by atoms with Crippen molar-refractivity contribution >= 4 is 18.0 Å². The summed E-state index contributed by atoms with van der Waals surface area (Å²) in [4.78, 5) is 34.2. The summed E-state index contributed by atoms with van der Waals surface area (Å²) < 4.78 is 4.63. The SMILES string of the molecule is COC(=O)C(CC(C)C)NC(=O)NCC1(C(=O)O)CC1. The Morgan fingerprint density at radius 1 is 1.30 bits per heavy atom. The Bertz CT molecular complexity index is 390. The Kier molecular flexibility index (Phi) is 5.35. The van der Waals surface area contributed by atoms with Gasteiger partial charge in [0.05, 0.1) is 12.5 Å². The molecule has 3 N–H and O–H groups in total. The number of carbonyl (C=O) groups excluding carboxylic acids is 2. The summed E-state index contributed by atoms with van der Waals surface area (Å²) in [5.41, 5.74) is -0.823. The number of hydrogen-bond donors (Lipinski definition) is 3. The topological polar surface area (TPSA) is 105 Å². The number of rotatable bonds is 7. The Morgan fingerprint density at radius 2 is 1.90 bits per heavy atom. The first-order chi connectivity index (χ1) is 9.30. The molecule has 0 spiro atoms. The van der Waals surface area contributed by atoms with E-state index >= 15 is 0 Å². The lowest BCUT2D eigenvalue weighted by molar-refractivity contribution is -0.144. The van der Waals surface area contributed by atoms with Crippen molar-refractivity contribution < 1.29 is 24.2 Å². The first-order valence-corrected chi connectivity index (χ1v) is 6.66. The van der Waals surface area contributed by atoms with Gasteiger partial charge in [-0.05, 0) is 25.2 Å². The molecule has 0 saturated heterocycles. The van der Waals surface area contributed by atoms with Crippen molar-refractivity contribution in [2.45, 2.75) is 39.2 Å². The normalized spacial score (nSPS) is 17.2. The first-order valence-electron chi connectivity index (χ1n) is 6.66. The maximum atomic E-state index is 11.7. The number of carbonyl (C=O) groups is 3. The van der Waals surface area contributed by atoms with E-state index in [-0.39, 0.29) is 12.5 Å². The molecule has 0 aliphatic heterocycles. The molecule has 1 fully saturated rings. The van der Waals surface area contributed by atoms with E-state index in [1.165, 1.54) is 7.11 Å². The van der Waals surface area contributed by atoms with Gasteiger partial charge < -0.3 is 20.5 Å². The van der Waals surface area contributed by atoms with E-state index in [2.05, 4.69) is 15.4 Å². The third-order valence-corrected chi connectivity index (χ3v) is 3.39. The smallest absolute Gasteiger partial charge is 0.328 e. The van der Waals surface area contributed by atoms with Gasteiger partial charge in [0, 0.05) is 6.54 Å². The van der Waals surface area contributed by atoms with Crippen LogP contribution in [0.25, 0.3) is 0 Å². The van der Waals surface area contributed by atoms with E-state index in [1.807, 2.05) is 13.8 Å². The van der Waals surface area contributed by atoms with E-state index in [1.54, 1.807) is 0 Å². The van der Waals surface area contributed by atoms with Crippen molar-refractivity contribution in [1.82, 2.24) is 10.6 Å². The summed E-state index contributed by atoms with van der Waals surface area (Å²) in [6.45, 7) is 3.93. The molecule has 1 saturated carbocycles. The van der Waals surface area contributed by atoms with Crippen molar-refractivity contribution in [2.75, 3.05) is 13.7 Å². The molecule has 20 heavy (non-hydrogen) atoms. The highest BCUT2D eigenvalue weighted by molar-refractivity contribution is 5.84. The molecule has 1 rings (SSSR count). The van der Waals surface area contributed by atoms with Crippen molar-refractivity contribution in [3.05, 3.63) is 0 Å². The van der Waals surface area contributed by atoms with Crippen LogP contribution >= 0.6 is 0 Å². The molecule has 7 nitrogen and oxygen atoms in total. The minimum Gasteiger partial charge on any atom is -0.481 e. The average Bonchev–Trinajstić information content (AvgIpc) is 3.15. The molecule has 0 heterocycles. The van der Waals surface area contributed by atoms with Crippen LogP contribution in [0.2, 0.25) is 0 Å². The monoisotopic (exact) mass is 286 g/mol. The minimum atomic E-state index is -0.899. The molecule has 2 amide bonds. The third-order valence-electron chi connectivity index (χ3n) is 3.39. The Morgan fingerprint density at radius 3 is 2.30 bits per heavy atom. The zero-order valence-corrected chi connectivity index (χ0v) is 12.1. The van der Waals surface area contributed by atoms with Crippen molar-refractivity contribution in [2.24, 2.45) is 11.3 Å². The molecular formula is C13H22N2O5. The van der Waals surface area contributed by atoms with E-state index in [9.17, 15) is 14.4 Å². The Labute approximate surface area is 118 Å². The molecule has 1 unspecified atom stereocenters. The molecule has 1 aliphatic rings. The minimum absolute atomic E-state index is 0.0732. The number of esters is 1. The van der Waals surface area contributed by atoms with Crippen LogP contribution in [-0.2, 0) is 14.3 Å². The zero-order chi connectivity index (χ0) is 15.3. The summed E-state index contributed by atoms with van der Waals surface area (Å²) in [5.74, 6) is -1.19. The standard InChI is InChI=1S/C13H22N2O5/c1-8(2)6-9(10(16)20-3)15-12(19)14-7-13(4-5-13)11(17)18/h8-9H,4-7H2,1-3H3,(H,17,18)(H2,14,15,19). The summed E-state index contributed by atoms with van der Waals surface area (Å²) in [7, 11) is 1.26. The Hall–Kier alpha value is -1.79. The molecule has 0 aromatic carbocycles. The molecule has 0 bridgehead atoms. The summed E-state index contributed by atoms with van der Waals surface area (Å²) >= 11 is 0. The van der Waals surface area contributed by atoms with Crippen LogP contribution in [0.4, 0.5) is 4.79 Å². The number of carboxylic acid groups (broad SMARTS) is 1. The number of hydrogen-bond acceptors (Lipinski definition) is 4. The summed E-state index contributed by atoms with van der Waals surface area (Å²) in [5, 5.41) is 14.0. The van der Waals surface area contributed by atoms with Gasteiger partial charge >= 0.3 is 18.0 Å². The quantitative estimate of drug-likeness (QED) is 0.599. The van der Waals surface area contributed by atoms with Crippen molar-refractivity contribution in [3.8, 4) is 0 Å². The fourth-order valence-electron chi connectivity index (χ4n) is 1.90. The van der Waals surface area contributed by atoms with Crippen LogP contribution in [-0.4, -0.2) is 42.8 Å². The number of amides is 2. The van der Waals surface area contributed by atoms with Crippen molar-refractivity contribution in [3.63, 3.8) is 0 Å². The molecule has 0 radical (unpaired) electrons. The van der Waals surface area contributed by atoms with Gasteiger partial charge in [-0.2, -0.15) is 0 Å². The Balaban J connectivity index is 2.45.